The van der Waals surface area contributed by atoms with Gasteiger partial charge in [-0.25, -0.2) is 0 Å². The van der Waals surface area contributed by atoms with Crippen LogP contribution in [-0.2, 0) is 6.42 Å². The van der Waals surface area contributed by atoms with Crippen LogP contribution in [0, 0.1) is 6.92 Å². The maximum absolute atomic E-state index is 5.63. The van der Waals surface area contributed by atoms with Crippen molar-refractivity contribution in [3.63, 3.8) is 0 Å². The maximum Gasteiger partial charge on any atom is 0.175 e. The lowest BCUT2D eigenvalue weighted by Crippen LogP contribution is -2.16. The predicted octanol–water partition coefficient (Wildman–Crippen LogP) is 2.42. The molecule has 0 aliphatic carbocycles. The molecule has 2 rings (SSSR count). The van der Waals surface area contributed by atoms with Gasteiger partial charge in [0.05, 0.1) is 4.47 Å². The SMILES string of the molecule is Cc1cc2c(c(Br)c1CCCN)OCCO2. The lowest BCUT2D eigenvalue weighted by molar-refractivity contribution is 0.170. The average Bonchev–Trinajstić information content (AvgIpc) is 2.29. The van der Waals surface area contributed by atoms with E-state index in [4.69, 9.17) is 15.2 Å². The van der Waals surface area contributed by atoms with E-state index in [2.05, 4.69) is 22.9 Å². The second kappa shape index (κ2) is 5.06. The van der Waals surface area contributed by atoms with E-state index in [0.717, 1.165) is 28.8 Å². The van der Waals surface area contributed by atoms with Crippen molar-refractivity contribution >= 4 is 15.9 Å². The van der Waals surface area contributed by atoms with Crippen LogP contribution in [0.3, 0.4) is 0 Å². The molecule has 1 aromatic carbocycles. The Bertz CT molecular complexity index is 393. The molecule has 0 unspecified atom stereocenters. The van der Waals surface area contributed by atoms with Crippen LogP contribution in [0.5, 0.6) is 11.5 Å². The van der Waals surface area contributed by atoms with Crippen molar-refractivity contribution in [2.75, 3.05) is 19.8 Å². The summed E-state index contributed by atoms with van der Waals surface area (Å²) >= 11 is 3.60. The summed E-state index contributed by atoms with van der Waals surface area (Å²) in [7, 11) is 0. The minimum absolute atomic E-state index is 0.616. The van der Waals surface area contributed by atoms with Gasteiger partial charge in [-0.05, 0) is 59.4 Å². The average molecular weight is 286 g/mol. The van der Waals surface area contributed by atoms with Crippen LogP contribution in [0.25, 0.3) is 0 Å². The number of hydrogen-bond acceptors (Lipinski definition) is 3. The van der Waals surface area contributed by atoms with Crippen molar-refractivity contribution in [2.45, 2.75) is 19.8 Å². The number of aryl methyl sites for hydroxylation is 1. The van der Waals surface area contributed by atoms with Crippen LogP contribution in [0.2, 0.25) is 0 Å². The van der Waals surface area contributed by atoms with Crippen LogP contribution in [0.4, 0.5) is 0 Å². The first-order valence-electron chi connectivity index (χ1n) is 5.51. The molecule has 0 bridgehead atoms. The van der Waals surface area contributed by atoms with Gasteiger partial charge >= 0.3 is 0 Å². The fraction of sp³-hybridized carbons (Fsp3) is 0.500. The summed E-state index contributed by atoms with van der Waals surface area (Å²) in [6.07, 6.45) is 1.96. The Morgan fingerprint density at radius 2 is 2.12 bits per heavy atom. The predicted molar refractivity (Wildman–Crippen MR) is 67.2 cm³/mol. The van der Waals surface area contributed by atoms with Gasteiger partial charge in [-0.3, -0.25) is 0 Å². The number of nitrogens with two attached hydrogens (primary N) is 1. The number of fused-ring (bicyclic) bond motifs is 1. The van der Waals surface area contributed by atoms with Crippen LogP contribution < -0.4 is 15.2 Å². The molecule has 0 saturated heterocycles. The number of hydrogen-bond donors (Lipinski definition) is 1. The summed E-state index contributed by atoms with van der Waals surface area (Å²) in [4.78, 5) is 0. The van der Waals surface area contributed by atoms with E-state index >= 15 is 0 Å². The molecule has 3 nitrogen and oxygen atoms in total. The van der Waals surface area contributed by atoms with E-state index in [1.165, 1.54) is 11.1 Å². The highest BCUT2D eigenvalue weighted by molar-refractivity contribution is 9.10. The Morgan fingerprint density at radius 1 is 1.38 bits per heavy atom. The molecule has 0 aromatic heterocycles. The fourth-order valence-electron chi connectivity index (χ4n) is 1.89. The number of ether oxygens (including phenoxy) is 2. The zero-order valence-electron chi connectivity index (χ0n) is 9.38. The Kier molecular flexibility index (Phi) is 3.71. The largest absolute Gasteiger partial charge is 0.486 e. The molecule has 2 N–H and O–H groups in total. The molecule has 1 aliphatic heterocycles. The fourth-order valence-corrected chi connectivity index (χ4v) is 2.71. The standard InChI is InChI=1S/C12H16BrNO2/c1-8-7-10-12(16-6-5-15-10)11(13)9(8)3-2-4-14/h7H,2-6,14H2,1H3. The van der Waals surface area contributed by atoms with E-state index in [9.17, 15) is 0 Å². The molecule has 1 heterocycles. The quantitative estimate of drug-likeness (QED) is 0.928. The number of rotatable bonds is 3. The monoisotopic (exact) mass is 285 g/mol. The molecule has 88 valence electrons. The van der Waals surface area contributed by atoms with E-state index in [1.54, 1.807) is 0 Å². The van der Waals surface area contributed by atoms with E-state index in [1.807, 2.05) is 6.07 Å². The third kappa shape index (κ3) is 2.18. The van der Waals surface area contributed by atoms with E-state index < -0.39 is 0 Å². The Balaban J connectivity index is 2.37. The molecule has 4 heteroatoms. The highest BCUT2D eigenvalue weighted by Gasteiger charge is 2.19. The van der Waals surface area contributed by atoms with Crippen LogP contribution in [-0.4, -0.2) is 19.8 Å². The molecular formula is C12H16BrNO2. The first-order chi connectivity index (χ1) is 7.74. The molecule has 1 aromatic rings. The summed E-state index contributed by atoms with van der Waals surface area (Å²) in [5, 5.41) is 0. The van der Waals surface area contributed by atoms with E-state index in [-0.39, 0.29) is 0 Å². The first kappa shape index (κ1) is 11.7. The third-order valence-corrected chi connectivity index (χ3v) is 3.57. The van der Waals surface area contributed by atoms with Gasteiger partial charge in [0.1, 0.15) is 13.2 Å². The first-order valence-corrected chi connectivity index (χ1v) is 6.31. The highest BCUT2D eigenvalue weighted by atomic mass is 79.9. The van der Waals surface area contributed by atoms with Gasteiger partial charge in [-0.15, -0.1) is 0 Å². The van der Waals surface area contributed by atoms with Crippen molar-refractivity contribution in [2.24, 2.45) is 5.73 Å². The van der Waals surface area contributed by atoms with Gasteiger partial charge in [0.15, 0.2) is 11.5 Å². The van der Waals surface area contributed by atoms with Crippen LogP contribution >= 0.6 is 15.9 Å². The van der Waals surface area contributed by atoms with Gasteiger partial charge in [-0.1, -0.05) is 0 Å². The van der Waals surface area contributed by atoms with Crippen molar-refractivity contribution in [1.29, 1.82) is 0 Å². The summed E-state index contributed by atoms with van der Waals surface area (Å²) in [6, 6.07) is 2.05. The van der Waals surface area contributed by atoms with Crippen molar-refractivity contribution < 1.29 is 9.47 Å². The third-order valence-electron chi connectivity index (χ3n) is 2.73. The van der Waals surface area contributed by atoms with Crippen LogP contribution in [0.1, 0.15) is 17.5 Å². The summed E-state index contributed by atoms with van der Waals surface area (Å²) in [6.45, 7) is 4.04. The van der Waals surface area contributed by atoms with Gasteiger partial charge in [0.2, 0.25) is 0 Å². The topological polar surface area (TPSA) is 44.5 Å². The molecule has 16 heavy (non-hydrogen) atoms. The van der Waals surface area contributed by atoms with Gasteiger partial charge in [0, 0.05) is 0 Å². The van der Waals surface area contributed by atoms with Gasteiger partial charge in [-0.2, -0.15) is 0 Å². The van der Waals surface area contributed by atoms with Gasteiger partial charge < -0.3 is 15.2 Å². The molecule has 0 amide bonds. The summed E-state index contributed by atoms with van der Waals surface area (Å²) < 4.78 is 12.2. The molecule has 0 spiro atoms. The highest BCUT2D eigenvalue weighted by Crippen LogP contribution is 2.41. The second-order valence-electron chi connectivity index (χ2n) is 3.90. The van der Waals surface area contributed by atoms with Gasteiger partial charge in [0.25, 0.3) is 0 Å². The molecule has 0 atom stereocenters. The maximum atomic E-state index is 5.63. The van der Waals surface area contributed by atoms with E-state index in [0.29, 0.717) is 19.8 Å². The zero-order chi connectivity index (χ0) is 11.5. The minimum atomic E-state index is 0.616. The smallest absolute Gasteiger partial charge is 0.175 e. The molecule has 0 radical (unpaired) electrons. The zero-order valence-corrected chi connectivity index (χ0v) is 11.0. The molecule has 0 saturated carbocycles. The lowest BCUT2D eigenvalue weighted by atomic mass is 10.0. The van der Waals surface area contributed by atoms with Crippen molar-refractivity contribution in [3.05, 3.63) is 21.7 Å². The Morgan fingerprint density at radius 3 is 2.88 bits per heavy atom. The number of benzene rings is 1. The molecule has 1 aliphatic rings. The van der Waals surface area contributed by atoms with Crippen molar-refractivity contribution in [1.82, 2.24) is 0 Å². The molecule has 0 fully saturated rings. The van der Waals surface area contributed by atoms with Crippen LogP contribution in [0.15, 0.2) is 10.5 Å². The summed E-state index contributed by atoms with van der Waals surface area (Å²) in [5.41, 5.74) is 8.04. The molecular weight excluding hydrogens is 270 g/mol. The summed E-state index contributed by atoms with van der Waals surface area (Å²) in [5.74, 6) is 1.68. The van der Waals surface area contributed by atoms with Crippen molar-refractivity contribution in [3.8, 4) is 11.5 Å². The Labute approximate surface area is 104 Å². The number of halogens is 1. The normalized spacial score (nSPS) is 13.9. The second-order valence-corrected chi connectivity index (χ2v) is 4.70. The lowest BCUT2D eigenvalue weighted by Gasteiger charge is -2.22. The minimum Gasteiger partial charge on any atom is -0.486 e. The Hall–Kier alpha value is -0.740.